The summed E-state index contributed by atoms with van der Waals surface area (Å²) in [5.74, 6) is -0.946. The molecule has 0 aromatic heterocycles. The Bertz CT molecular complexity index is 543. The van der Waals surface area contributed by atoms with Gasteiger partial charge in [-0.05, 0) is 18.6 Å². The van der Waals surface area contributed by atoms with Gasteiger partial charge in [0.1, 0.15) is 0 Å². The second kappa shape index (κ2) is 4.77. The number of benzene rings is 1. The third kappa shape index (κ3) is 2.32. The molecule has 1 heterocycles. The van der Waals surface area contributed by atoms with E-state index in [2.05, 4.69) is 0 Å². The molecular weight excluding hydrogens is 252 g/mol. The topological polar surface area (TPSA) is 102 Å². The average molecular weight is 266 g/mol. The Labute approximate surface area is 109 Å². The molecule has 1 aliphatic rings. The number of aliphatic carboxylic acids is 1. The lowest BCUT2D eigenvalue weighted by Crippen LogP contribution is -2.47. The van der Waals surface area contributed by atoms with Crippen molar-refractivity contribution in [1.29, 1.82) is 0 Å². The molecule has 1 atom stereocenters. The van der Waals surface area contributed by atoms with Crippen LogP contribution in [0.3, 0.4) is 0 Å². The Hall–Kier alpha value is -2.28. The van der Waals surface area contributed by atoms with Crippen LogP contribution in [-0.2, 0) is 9.59 Å². The first kappa shape index (κ1) is 13.2. The van der Waals surface area contributed by atoms with Gasteiger partial charge in [0, 0.05) is 13.1 Å². The fraction of sp³-hybridized carbons (Fsp3) is 0.333. The van der Waals surface area contributed by atoms with Crippen LogP contribution >= 0.6 is 0 Å². The maximum Gasteiger partial charge on any atom is 0.330 e. The second-order valence-corrected chi connectivity index (χ2v) is 4.21. The van der Waals surface area contributed by atoms with Gasteiger partial charge in [-0.2, -0.15) is 0 Å². The van der Waals surface area contributed by atoms with Crippen molar-refractivity contribution in [3.8, 4) is 11.5 Å². The maximum absolute atomic E-state index is 11.9. The molecule has 1 aliphatic heterocycles. The quantitative estimate of drug-likeness (QED) is 0.752. The molecule has 0 saturated heterocycles. The number of fused-ring (bicyclic) bond motifs is 1. The van der Waals surface area contributed by atoms with Crippen LogP contribution in [0.4, 0.5) is 5.69 Å². The Morgan fingerprint density at radius 1 is 1.37 bits per heavy atom. The summed E-state index contributed by atoms with van der Waals surface area (Å²) >= 11 is 0. The molecule has 0 bridgehead atoms. The third-order valence-corrected chi connectivity index (χ3v) is 2.92. The number of carboxylic acids is 1. The molecule has 0 radical (unpaired) electrons. The molecule has 3 N–H and O–H groups in total. The molecule has 1 unspecified atom stereocenters. The number of anilines is 1. The summed E-state index contributed by atoms with van der Waals surface area (Å²) in [6.45, 7) is 1.91. The molecule has 1 aromatic carbocycles. The summed E-state index contributed by atoms with van der Waals surface area (Å²) in [6.07, 6.45) is 0. The second-order valence-electron chi connectivity index (χ2n) is 4.21. The number of hydrogen-bond donors (Lipinski definition) is 2. The number of carbonyl (C=O) groups is 2. The molecule has 0 saturated carbocycles. The maximum atomic E-state index is 11.9. The average Bonchev–Trinajstić information content (AvgIpc) is 2.81. The van der Waals surface area contributed by atoms with Crippen LogP contribution < -0.4 is 20.1 Å². The monoisotopic (exact) mass is 266 g/mol. The number of rotatable bonds is 3. The zero-order valence-electron chi connectivity index (χ0n) is 10.5. The molecule has 19 heavy (non-hydrogen) atoms. The van der Waals surface area contributed by atoms with E-state index in [0.29, 0.717) is 17.2 Å². The van der Waals surface area contributed by atoms with Crippen molar-refractivity contribution in [2.24, 2.45) is 5.73 Å². The molecule has 2 rings (SSSR count). The first-order chi connectivity index (χ1) is 8.91. The van der Waals surface area contributed by atoms with Crippen molar-refractivity contribution >= 4 is 17.6 Å². The fourth-order valence-corrected chi connectivity index (χ4v) is 1.83. The highest BCUT2D eigenvalue weighted by atomic mass is 16.7. The summed E-state index contributed by atoms with van der Waals surface area (Å²) < 4.78 is 10.4. The minimum Gasteiger partial charge on any atom is -0.480 e. The number of carboxylic acid groups (broad SMARTS) is 1. The van der Waals surface area contributed by atoms with Crippen LogP contribution in [-0.4, -0.2) is 36.9 Å². The minimum atomic E-state index is -1.59. The predicted octanol–water partition coefficient (Wildman–Crippen LogP) is 0.0984. The molecule has 102 valence electrons. The molecule has 0 fully saturated rings. The predicted molar refractivity (Wildman–Crippen MR) is 66.3 cm³/mol. The third-order valence-electron chi connectivity index (χ3n) is 2.92. The van der Waals surface area contributed by atoms with E-state index < -0.39 is 17.9 Å². The van der Waals surface area contributed by atoms with Crippen molar-refractivity contribution in [2.75, 3.05) is 18.7 Å². The number of hydrogen-bond acceptors (Lipinski definition) is 5. The standard InChI is InChI=1S/C12H14N2O5/c1-6-3-8-9(19-5-18-8)4-7(6)14(2)11(15)10(13)12(16)17/h3-4,10H,5,13H2,1-2H3,(H,16,17). The molecule has 7 heteroatoms. The Balaban J connectivity index is 2.31. The van der Waals surface area contributed by atoms with Crippen molar-refractivity contribution in [1.82, 2.24) is 0 Å². The lowest BCUT2D eigenvalue weighted by Gasteiger charge is -2.21. The summed E-state index contributed by atoms with van der Waals surface area (Å²) in [5.41, 5.74) is 6.61. The Morgan fingerprint density at radius 3 is 2.53 bits per heavy atom. The zero-order valence-corrected chi connectivity index (χ0v) is 10.5. The van der Waals surface area contributed by atoms with E-state index in [-0.39, 0.29) is 6.79 Å². The molecule has 0 aliphatic carbocycles. The van der Waals surface area contributed by atoms with Gasteiger partial charge in [-0.1, -0.05) is 0 Å². The fourth-order valence-electron chi connectivity index (χ4n) is 1.83. The van der Waals surface area contributed by atoms with Crippen molar-refractivity contribution in [2.45, 2.75) is 13.0 Å². The highest BCUT2D eigenvalue weighted by Gasteiger charge is 2.27. The van der Waals surface area contributed by atoms with Gasteiger partial charge < -0.3 is 25.2 Å². The van der Waals surface area contributed by atoms with Gasteiger partial charge in [0.05, 0.1) is 5.69 Å². The van der Waals surface area contributed by atoms with Crippen LogP contribution in [0.1, 0.15) is 5.56 Å². The van der Waals surface area contributed by atoms with E-state index >= 15 is 0 Å². The van der Waals surface area contributed by atoms with Gasteiger partial charge >= 0.3 is 5.97 Å². The smallest absolute Gasteiger partial charge is 0.330 e. The van der Waals surface area contributed by atoms with Crippen molar-refractivity contribution in [3.05, 3.63) is 17.7 Å². The number of likely N-dealkylation sites (N-methyl/N-ethyl adjacent to an activating group) is 1. The summed E-state index contributed by atoms with van der Waals surface area (Å²) in [6, 6.07) is 1.77. The number of nitrogens with two attached hydrogens (primary N) is 1. The number of aryl methyl sites for hydroxylation is 1. The lowest BCUT2D eigenvalue weighted by molar-refractivity contribution is -0.142. The highest BCUT2D eigenvalue weighted by Crippen LogP contribution is 2.37. The van der Waals surface area contributed by atoms with Crippen LogP contribution in [0.5, 0.6) is 11.5 Å². The normalized spacial score (nSPS) is 14.1. The van der Waals surface area contributed by atoms with Crippen LogP contribution in [0, 0.1) is 6.92 Å². The zero-order chi connectivity index (χ0) is 14.2. The molecule has 1 aromatic rings. The van der Waals surface area contributed by atoms with Gasteiger partial charge in [-0.15, -0.1) is 0 Å². The van der Waals surface area contributed by atoms with E-state index in [1.807, 2.05) is 0 Å². The molecular formula is C12H14N2O5. The van der Waals surface area contributed by atoms with Crippen molar-refractivity contribution < 1.29 is 24.2 Å². The first-order valence-electron chi connectivity index (χ1n) is 5.58. The van der Waals surface area contributed by atoms with E-state index in [1.54, 1.807) is 19.1 Å². The molecule has 1 amide bonds. The van der Waals surface area contributed by atoms with Crippen molar-refractivity contribution in [3.63, 3.8) is 0 Å². The Kier molecular flexibility index (Phi) is 3.30. The number of ether oxygens (including phenoxy) is 2. The molecule has 0 spiro atoms. The van der Waals surface area contributed by atoms with E-state index in [0.717, 1.165) is 5.56 Å². The van der Waals surface area contributed by atoms with Gasteiger partial charge in [0.2, 0.25) is 6.79 Å². The summed E-state index contributed by atoms with van der Waals surface area (Å²) in [7, 11) is 1.47. The van der Waals surface area contributed by atoms with E-state index in [1.165, 1.54) is 11.9 Å². The SMILES string of the molecule is Cc1cc2c(cc1N(C)C(=O)C(N)C(=O)O)OCO2. The van der Waals surface area contributed by atoms with Crippen LogP contribution in [0.2, 0.25) is 0 Å². The summed E-state index contributed by atoms with van der Waals surface area (Å²) in [4.78, 5) is 23.8. The van der Waals surface area contributed by atoms with Crippen LogP contribution in [0.15, 0.2) is 12.1 Å². The van der Waals surface area contributed by atoms with Gasteiger partial charge in [0.25, 0.3) is 5.91 Å². The lowest BCUT2D eigenvalue weighted by atomic mass is 10.1. The number of amides is 1. The highest BCUT2D eigenvalue weighted by molar-refractivity contribution is 6.09. The number of carbonyl (C=O) groups excluding carboxylic acids is 1. The van der Waals surface area contributed by atoms with Gasteiger partial charge in [-0.25, -0.2) is 4.79 Å². The van der Waals surface area contributed by atoms with Gasteiger partial charge in [0.15, 0.2) is 17.5 Å². The molecule has 7 nitrogen and oxygen atoms in total. The summed E-state index contributed by atoms with van der Waals surface area (Å²) in [5, 5.41) is 8.76. The number of nitrogens with zero attached hydrogens (tertiary/aromatic N) is 1. The van der Waals surface area contributed by atoms with E-state index in [9.17, 15) is 9.59 Å². The minimum absolute atomic E-state index is 0.129. The first-order valence-corrected chi connectivity index (χ1v) is 5.58. The largest absolute Gasteiger partial charge is 0.480 e. The Morgan fingerprint density at radius 2 is 1.95 bits per heavy atom. The van der Waals surface area contributed by atoms with E-state index in [4.69, 9.17) is 20.3 Å². The van der Waals surface area contributed by atoms with Gasteiger partial charge in [-0.3, -0.25) is 4.79 Å². The van der Waals surface area contributed by atoms with Crippen LogP contribution in [0.25, 0.3) is 0 Å².